The zero-order valence-electron chi connectivity index (χ0n) is 13.6. The molecule has 1 aromatic carbocycles. The lowest BCUT2D eigenvalue weighted by Crippen LogP contribution is -2.41. The molecule has 3 nitrogen and oxygen atoms in total. The zero-order chi connectivity index (χ0) is 16.7. The zero-order valence-corrected chi connectivity index (χ0v) is 15.2. The van der Waals surface area contributed by atoms with Gasteiger partial charge in [0.05, 0.1) is 18.6 Å². The SMILES string of the molecule is CCCCC[C@H](O)CC(=O)N1C(=S)SC[C@H]1Cc1ccccc1. The Hall–Kier alpha value is -0.910. The molecular weight excluding hydrogens is 326 g/mol. The van der Waals surface area contributed by atoms with Gasteiger partial charge in [-0.3, -0.25) is 9.69 Å². The monoisotopic (exact) mass is 351 g/mol. The van der Waals surface area contributed by atoms with E-state index in [1.807, 2.05) is 18.2 Å². The Morgan fingerprint density at radius 2 is 2.13 bits per heavy atom. The maximum absolute atomic E-state index is 12.6. The first-order valence-corrected chi connectivity index (χ1v) is 9.72. The van der Waals surface area contributed by atoms with Crippen LogP contribution in [0.2, 0.25) is 0 Å². The third-order valence-electron chi connectivity index (χ3n) is 4.10. The van der Waals surface area contributed by atoms with Gasteiger partial charge in [0.15, 0.2) is 0 Å². The van der Waals surface area contributed by atoms with Crippen molar-refractivity contribution in [2.45, 2.75) is 57.6 Å². The molecule has 126 valence electrons. The molecule has 0 radical (unpaired) electrons. The summed E-state index contributed by atoms with van der Waals surface area (Å²) in [7, 11) is 0. The number of nitrogens with zero attached hydrogens (tertiary/aromatic N) is 1. The van der Waals surface area contributed by atoms with Crippen molar-refractivity contribution in [2.24, 2.45) is 0 Å². The highest BCUT2D eigenvalue weighted by Gasteiger charge is 2.34. The summed E-state index contributed by atoms with van der Waals surface area (Å²) in [5, 5.41) is 10.1. The maximum Gasteiger partial charge on any atom is 0.230 e. The smallest absolute Gasteiger partial charge is 0.230 e. The van der Waals surface area contributed by atoms with Gasteiger partial charge >= 0.3 is 0 Å². The molecule has 2 atom stereocenters. The van der Waals surface area contributed by atoms with Crippen LogP contribution in [0.4, 0.5) is 0 Å². The van der Waals surface area contributed by atoms with Crippen LogP contribution in [-0.2, 0) is 11.2 Å². The fourth-order valence-electron chi connectivity index (χ4n) is 2.83. The Morgan fingerprint density at radius 1 is 1.39 bits per heavy atom. The fourth-order valence-corrected chi connectivity index (χ4v) is 4.28. The number of rotatable bonds is 8. The third-order valence-corrected chi connectivity index (χ3v) is 5.64. The average Bonchev–Trinajstić information content (AvgIpc) is 2.89. The molecule has 0 aromatic heterocycles. The summed E-state index contributed by atoms with van der Waals surface area (Å²) >= 11 is 6.92. The van der Waals surface area contributed by atoms with Crippen LogP contribution in [0.5, 0.6) is 0 Å². The molecule has 23 heavy (non-hydrogen) atoms. The Kier molecular flexibility index (Phi) is 7.53. The Balaban J connectivity index is 1.92. The van der Waals surface area contributed by atoms with Crippen LogP contribution in [0.3, 0.4) is 0 Å². The Labute approximate surface area is 148 Å². The number of carbonyl (C=O) groups excluding carboxylic acids is 1. The maximum atomic E-state index is 12.6. The first-order valence-electron chi connectivity index (χ1n) is 8.32. The van der Waals surface area contributed by atoms with Crippen molar-refractivity contribution >= 4 is 34.2 Å². The molecule has 1 heterocycles. The van der Waals surface area contributed by atoms with Crippen molar-refractivity contribution in [3.63, 3.8) is 0 Å². The molecule has 1 N–H and O–H groups in total. The number of aliphatic hydroxyl groups excluding tert-OH is 1. The summed E-state index contributed by atoms with van der Waals surface area (Å²) in [5.41, 5.74) is 1.21. The lowest BCUT2D eigenvalue weighted by Gasteiger charge is -2.25. The molecule has 2 rings (SSSR count). The van der Waals surface area contributed by atoms with E-state index in [1.165, 1.54) is 5.56 Å². The number of hydrogen-bond acceptors (Lipinski definition) is 4. The molecule has 1 amide bonds. The van der Waals surface area contributed by atoms with Crippen LogP contribution in [0.25, 0.3) is 0 Å². The van der Waals surface area contributed by atoms with Crippen LogP contribution >= 0.6 is 24.0 Å². The van der Waals surface area contributed by atoms with Crippen molar-refractivity contribution in [2.75, 3.05) is 5.75 Å². The van der Waals surface area contributed by atoms with E-state index in [0.717, 1.165) is 31.4 Å². The number of thioether (sulfide) groups is 1. The van der Waals surface area contributed by atoms with Crippen LogP contribution in [0, 0.1) is 0 Å². The largest absolute Gasteiger partial charge is 0.393 e. The number of benzene rings is 1. The Morgan fingerprint density at radius 3 is 2.83 bits per heavy atom. The number of amides is 1. The quantitative estimate of drug-likeness (QED) is 0.571. The second-order valence-corrected chi connectivity index (χ2v) is 7.69. The summed E-state index contributed by atoms with van der Waals surface area (Å²) in [4.78, 5) is 14.3. The van der Waals surface area contributed by atoms with E-state index >= 15 is 0 Å². The molecule has 0 spiro atoms. The van der Waals surface area contributed by atoms with Gasteiger partial charge in [-0.15, -0.1) is 0 Å². The second-order valence-electron chi connectivity index (χ2n) is 6.04. The number of unbranched alkanes of at least 4 members (excludes halogenated alkanes) is 2. The van der Waals surface area contributed by atoms with Crippen LogP contribution in [0.1, 0.15) is 44.6 Å². The first kappa shape index (κ1) is 18.4. The minimum absolute atomic E-state index is 0.0371. The van der Waals surface area contributed by atoms with E-state index in [-0.39, 0.29) is 18.4 Å². The molecule has 0 bridgehead atoms. The van der Waals surface area contributed by atoms with Crippen LogP contribution < -0.4 is 0 Å². The van der Waals surface area contributed by atoms with Crippen molar-refractivity contribution in [3.05, 3.63) is 35.9 Å². The number of carbonyl (C=O) groups is 1. The average molecular weight is 352 g/mol. The summed E-state index contributed by atoms with van der Waals surface area (Å²) in [6, 6.07) is 10.3. The van der Waals surface area contributed by atoms with Gasteiger partial charge in [0.2, 0.25) is 5.91 Å². The minimum atomic E-state index is -0.556. The molecule has 1 aliphatic rings. The van der Waals surface area contributed by atoms with Crippen molar-refractivity contribution in [1.29, 1.82) is 0 Å². The van der Waals surface area contributed by atoms with Crippen LogP contribution in [0.15, 0.2) is 30.3 Å². The fraction of sp³-hybridized carbons (Fsp3) is 0.556. The van der Waals surface area contributed by atoms with Gasteiger partial charge in [0, 0.05) is 5.75 Å². The van der Waals surface area contributed by atoms with E-state index in [0.29, 0.717) is 10.7 Å². The summed E-state index contributed by atoms with van der Waals surface area (Å²) in [5.74, 6) is 0.802. The lowest BCUT2D eigenvalue weighted by molar-refractivity contribution is -0.130. The predicted octanol–water partition coefficient (Wildman–Crippen LogP) is 3.79. The number of hydrogen-bond donors (Lipinski definition) is 1. The molecule has 0 unspecified atom stereocenters. The molecule has 1 saturated heterocycles. The van der Waals surface area contributed by atoms with Gasteiger partial charge in [-0.25, -0.2) is 0 Å². The normalized spacial score (nSPS) is 19.1. The highest BCUT2D eigenvalue weighted by molar-refractivity contribution is 8.23. The first-order chi connectivity index (χ1) is 11.1. The predicted molar refractivity (Wildman–Crippen MR) is 101 cm³/mol. The number of thiocarbonyl (C=S) groups is 1. The van der Waals surface area contributed by atoms with E-state index in [9.17, 15) is 9.90 Å². The van der Waals surface area contributed by atoms with Gasteiger partial charge < -0.3 is 5.11 Å². The highest BCUT2D eigenvalue weighted by Crippen LogP contribution is 2.28. The second kappa shape index (κ2) is 9.40. The molecular formula is C18H25NO2S2. The van der Waals surface area contributed by atoms with Gasteiger partial charge in [-0.05, 0) is 18.4 Å². The Bertz CT molecular complexity index is 521. The molecule has 1 aliphatic heterocycles. The lowest BCUT2D eigenvalue weighted by atomic mass is 10.0. The standard InChI is InChI=1S/C18H25NO2S2/c1-2-3-5-10-16(20)12-17(21)19-15(13-23-18(19)22)11-14-8-6-4-7-9-14/h4,6-9,15-16,20H,2-3,5,10-13H2,1H3/t15-,16+/m1/s1. The van der Waals surface area contributed by atoms with Gasteiger partial charge in [0.1, 0.15) is 4.32 Å². The van der Waals surface area contributed by atoms with E-state index in [2.05, 4.69) is 19.1 Å². The van der Waals surface area contributed by atoms with Crippen LogP contribution in [-0.4, -0.2) is 38.1 Å². The molecule has 0 aliphatic carbocycles. The summed E-state index contributed by atoms with van der Waals surface area (Å²) < 4.78 is 0.650. The number of aliphatic hydroxyl groups is 1. The molecule has 1 aromatic rings. The molecule has 0 saturated carbocycles. The van der Waals surface area contributed by atoms with Crippen molar-refractivity contribution < 1.29 is 9.90 Å². The van der Waals surface area contributed by atoms with E-state index in [1.54, 1.807) is 16.7 Å². The minimum Gasteiger partial charge on any atom is -0.393 e. The highest BCUT2D eigenvalue weighted by atomic mass is 32.2. The third kappa shape index (κ3) is 5.59. The van der Waals surface area contributed by atoms with Gasteiger partial charge in [-0.1, -0.05) is 80.5 Å². The van der Waals surface area contributed by atoms with E-state index < -0.39 is 6.10 Å². The van der Waals surface area contributed by atoms with Crippen molar-refractivity contribution in [1.82, 2.24) is 4.90 Å². The summed E-state index contributed by atoms with van der Waals surface area (Å²) in [6.07, 6.45) is 4.31. The van der Waals surface area contributed by atoms with Crippen molar-refractivity contribution in [3.8, 4) is 0 Å². The van der Waals surface area contributed by atoms with Gasteiger partial charge in [0.25, 0.3) is 0 Å². The molecule has 5 heteroatoms. The van der Waals surface area contributed by atoms with Gasteiger partial charge in [-0.2, -0.15) is 0 Å². The topological polar surface area (TPSA) is 40.5 Å². The van der Waals surface area contributed by atoms with E-state index in [4.69, 9.17) is 12.2 Å². The molecule has 1 fully saturated rings. The summed E-state index contributed by atoms with van der Waals surface area (Å²) in [6.45, 7) is 2.13.